The van der Waals surface area contributed by atoms with Gasteiger partial charge in [0.1, 0.15) is 23.4 Å². The summed E-state index contributed by atoms with van der Waals surface area (Å²) in [5.41, 5.74) is 5.71. The summed E-state index contributed by atoms with van der Waals surface area (Å²) in [5, 5.41) is 5.15. The summed E-state index contributed by atoms with van der Waals surface area (Å²) < 4.78 is 10.4. The lowest BCUT2D eigenvalue weighted by Crippen LogP contribution is -2.52. The van der Waals surface area contributed by atoms with Crippen molar-refractivity contribution >= 4 is 29.5 Å². The second-order valence-electron chi connectivity index (χ2n) is 9.17. The number of hydrogen-bond donors (Lipinski definition) is 3. The quantitative estimate of drug-likeness (QED) is 0.445. The van der Waals surface area contributed by atoms with Crippen LogP contribution in [0.25, 0.3) is 0 Å². The van der Waals surface area contributed by atoms with Gasteiger partial charge < -0.3 is 30.7 Å². The number of terminal acetylenes is 1. The van der Waals surface area contributed by atoms with Crippen LogP contribution in [0.2, 0.25) is 0 Å². The Labute approximate surface area is 216 Å². The lowest BCUT2D eigenvalue weighted by Gasteiger charge is -2.31. The van der Waals surface area contributed by atoms with Crippen molar-refractivity contribution in [3.63, 3.8) is 0 Å². The van der Waals surface area contributed by atoms with Gasteiger partial charge in [-0.25, -0.2) is 4.79 Å². The summed E-state index contributed by atoms with van der Waals surface area (Å²) in [6, 6.07) is 10.7. The maximum Gasteiger partial charge on any atom is 0.408 e. The summed E-state index contributed by atoms with van der Waals surface area (Å²) >= 11 is 0. The van der Waals surface area contributed by atoms with Crippen LogP contribution in [0.5, 0.6) is 5.75 Å². The molecule has 2 unspecified atom stereocenters. The Morgan fingerprint density at radius 2 is 1.70 bits per heavy atom. The molecule has 0 saturated heterocycles. The predicted molar refractivity (Wildman–Crippen MR) is 138 cm³/mol. The van der Waals surface area contributed by atoms with Crippen LogP contribution < -0.4 is 21.1 Å². The number of likely N-dealkylation sites (N-methyl/N-ethyl adjacent to an activating group) is 1. The van der Waals surface area contributed by atoms with Gasteiger partial charge in [-0.1, -0.05) is 24.1 Å². The number of anilines is 1. The van der Waals surface area contributed by atoms with E-state index in [9.17, 15) is 19.2 Å². The minimum Gasteiger partial charge on any atom is -0.497 e. The predicted octanol–water partition coefficient (Wildman–Crippen LogP) is 2.58. The number of nitrogens with one attached hydrogen (secondary N) is 2. The maximum atomic E-state index is 13.5. The molecule has 196 valence electrons. The van der Waals surface area contributed by atoms with Gasteiger partial charge in [0.2, 0.25) is 11.8 Å². The fourth-order valence-electron chi connectivity index (χ4n) is 3.50. The number of rotatable bonds is 9. The van der Waals surface area contributed by atoms with Crippen molar-refractivity contribution in [2.24, 2.45) is 5.73 Å². The number of methoxy groups -OCH3 is 1. The van der Waals surface area contributed by atoms with Gasteiger partial charge in [-0.15, -0.1) is 6.42 Å². The van der Waals surface area contributed by atoms with Crippen LogP contribution in [0.3, 0.4) is 0 Å². The molecule has 0 aliphatic rings. The molecule has 0 aliphatic heterocycles. The number of amides is 4. The topological polar surface area (TPSA) is 140 Å². The second kappa shape index (κ2) is 12.4. The first kappa shape index (κ1) is 28.7. The number of carbonyl (C=O) groups excluding carboxylic acids is 4. The zero-order valence-corrected chi connectivity index (χ0v) is 21.5. The molecule has 37 heavy (non-hydrogen) atoms. The molecular weight excluding hydrogens is 476 g/mol. The first-order chi connectivity index (χ1) is 17.4. The average molecular weight is 509 g/mol. The number of hydrogen-bond acceptors (Lipinski definition) is 6. The Morgan fingerprint density at radius 1 is 1.08 bits per heavy atom. The zero-order chi connectivity index (χ0) is 27.8. The molecule has 0 aromatic heterocycles. The Bertz CT molecular complexity index is 1180. The Balaban J connectivity index is 2.44. The molecule has 0 radical (unpaired) electrons. The molecule has 2 aromatic rings. The van der Waals surface area contributed by atoms with Crippen LogP contribution in [0.15, 0.2) is 48.5 Å². The number of carbonyl (C=O) groups is 4. The first-order valence-corrected chi connectivity index (χ1v) is 11.4. The third kappa shape index (κ3) is 8.28. The van der Waals surface area contributed by atoms with Crippen molar-refractivity contribution in [1.82, 2.24) is 10.2 Å². The first-order valence-electron chi connectivity index (χ1n) is 11.4. The van der Waals surface area contributed by atoms with E-state index >= 15 is 0 Å². The number of nitrogens with zero attached hydrogens (tertiary/aromatic N) is 1. The van der Waals surface area contributed by atoms with E-state index in [0.717, 1.165) is 4.90 Å². The molecule has 2 atom stereocenters. The molecule has 0 aliphatic carbocycles. The second-order valence-corrected chi connectivity index (χ2v) is 9.17. The van der Waals surface area contributed by atoms with Gasteiger partial charge in [0.15, 0.2) is 0 Å². The van der Waals surface area contributed by atoms with Crippen molar-refractivity contribution in [2.45, 2.75) is 44.9 Å². The summed E-state index contributed by atoms with van der Waals surface area (Å²) in [6.45, 7) is 4.96. The standard InChI is InChI=1S/C27H32N4O6/c1-7-17-10-8-9-11-20(17)23(24(33)29-18-12-14-19(36-6)15-13-18)31(5)25(34)21(16-22(28)32)30-26(35)37-27(2,3)4/h1,8-15,21,23H,16H2,2-6H3,(H2,28,32)(H,29,33)(H,30,35). The number of primary amides is 1. The lowest BCUT2D eigenvalue weighted by molar-refractivity contribution is -0.140. The van der Waals surface area contributed by atoms with Crippen LogP contribution in [0, 0.1) is 12.3 Å². The largest absolute Gasteiger partial charge is 0.497 e. The van der Waals surface area contributed by atoms with Crippen LogP contribution in [0.1, 0.15) is 44.4 Å². The highest BCUT2D eigenvalue weighted by molar-refractivity contribution is 6.00. The Hall–Kier alpha value is -4.52. The zero-order valence-electron chi connectivity index (χ0n) is 21.5. The normalized spacial score (nSPS) is 12.3. The highest BCUT2D eigenvalue weighted by atomic mass is 16.6. The molecule has 0 fully saturated rings. The molecule has 4 amide bonds. The molecule has 0 spiro atoms. The van der Waals surface area contributed by atoms with Crippen molar-refractivity contribution in [1.29, 1.82) is 0 Å². The highest BCUT2D eigenvalue weighted by Gasteiger charge is 2.35. The van der Waals surface area contributed by atoms with Gasteiger partial charge in [0.05, 0.1) is 13.5 Å². The maximum absolute atomic E-state index is 13.5. The molecule has 4 N–H and O–H groups in total. The average Bonchev–Trinajstić information content (AvgIpc) is 2.82. The summed E-state index contributed by atoms with van der Waals surface area (Å²) in [4.78, 5) is 52.3. The van der Waals surface area contributed by atoms with Crippen LogP contribution in [0.4, 0.5) is 10.5 Å². The molecule has 2 aromatic carbocycles. The van der Waals surface area contributed by atoms with E-state index in [-0.39, 0.29) is 0 Å². The van der Waals surface area contributed by atoms with Gasteiger partial charge in [0, 0.05) is 18.3 Å². The molecule has 0 bridgehead atoms. The van der Waals surface area contributed by atoms with Crippen molar-refractivity contribution in [3.05, 3.63) is 59.7 Å². The number of alkyl carbamates (subject to hydrolysis) is 1. The van der Waals surface area contributed by atoms with E-state index in [2.05, 4.69) is 16.6 Å². The number of ether oxygens (including phenoxy) is 2. The smallest absolute Gasteiger partial charge is 0.408 e. The fourth-order valence-corrected chi connectivity index (χ4v) is 3.50. The van der Waals surface area contributed by atoms with Crippen molar-refractivity contribution in [3.8, 4) is 18.1 Å². The summed E-state index contributed by atoms with van der Waals surface area (Å²) in [7, 11) is 2.90. The van der Waals surface area contributed by atoms with Crippen LogP contribution in [-0.2, 0) is 19.1 Å². The summed E-state index contributed by atoms with van der Waals surface area (Å²) in [5.74, 6) is 0.981. The van der Waals surface area contributed by atoms with E-state index < -0.39 is 47.9 Å². The Kier molecular flexibility index (Phi) is 9.66. The molecule has 10 nitrogen and oxygen atoms in total. The van der Waals surface area contributed by atoms with E-state index in [1.165, 1.54) is 14.2 Å². The minimum absolute atomic E-state index is 0.377. The van der Waals surface area contributed by atoms with Gasteiger partial charge >= 0.3 is 6.09 Å². The van der Waals surface area contributed by atoms with Crippen LogP contribution >= 0.6 is 0 Å². The lowest BCUT2D eigenvalue weighted by atomic mass is 9.97. The van der Waals surface area contributed by atoms with Gasteiger partial charge in [-0.05, 0) is 56.7 Å². The van der Waals surface area contributed by atoms with Gasteiger partial charge in [-0.2, -0.15) is 0 Å². The third-order valence-corrected chi connectivity index (χ3v) is 5.15. The fraction of sp³-hybridized carbons (Fsp3) is 0.333. The molecular formula is C27H32N4O6. The molecule has 0 saturated carbocycles. The van der Waals surface area contributed by atoms with Gasteiger partial charge in [0.25, 0.3) is 5.91 Å². The number of nitrogens with two attached hydrogens (primary N) is 1. The number of benzene rings is 2. The van der Waals surface area contributed by atoms with Crippen LogP contribution in [-0.4, -0.2) is 54.5 Å². The molecule has 0 heterocycles. The van der Waals surface area contributed by atoms with E-state index in [4.69, 9.17) is 21.6 Å². The minimum atomic E-state index is -1.38. The van der Waals surface area contributed by atoms with E-state index in [0.29, 0.717) is 22.6 Å². The van der Waals surface area contributed by atoms with Crippen molar-refractivity contribution in [2.75, 3.05) is 19.5 Å². The third-order valence-electron chi connectivity index (χ3n) is 5.15. The summed E-state index contributed by atoms with van der Waals surface area (Å²) in [6.07, 6.45) is 4.24. The van der Waals surface area contributed by atoms with E-state index in [1.807, 2.05) is 0 Å². The van der Waals surface area contributed by atoms with Gasteiger partial charge in [-0.3, -0.25) is 14.4 Å². The van der Waals surface area contributed by atoms with Crippen molar-refractivity contribution < 1.29 is 28.7 Å². The van der Waals surface area contributed by atoms with E-state index in [1.54, 1.807) is 69.3 Å². The highest BCUT2D eigenvalue weighted by Crippen LogP contribution is 2.26. The molecule has 2 rings (SSSR count). The Morgan fingerprint density at radius 3 is 2.24 bits per heavy atom. The molecule has 10 heteroatoms. The SMILES string of the molecule is C#Cc1ccccc1C(C(=O)Nc1ccc(OC)cc1)N(C)C(=O)C(CC(N)=O)NC(=O)OC(C)(C)C. The monoisotopic (exact) mass is 508 g/mol.